The SMILES string of the molecule is Clc1cc(Br)cc(Cl)c1NCC1CCCCO1. The zero-order valence-corrected chi connectivity index (χ0v) is 12.4. The van der Waals surface area contributed by atoms with Crippen LogP contribution in [0.15, 0.2) is 16.6 Å². The van der Waals surface area contributed by atoms with Crippen LogP contribution in [0, 0.1) is 0 Å². The third kappa shape index (κ3) is 3.75. The second-order valence-electron chi connectivity index (χ2n) is 4.11. The van der Waals surface area contributed by atoms with Crippen molar-refractivity contribution in [1.29, 1.82) is 0 Å². The molecule has 2 rings (SSSR count). The van der Waals surface area contributed by atoms with E-state index in [2.05, 4.69) is 21.2 Å². The number of anilines is 1. The number of nitrogens with one attached hydrogen (secondary N) is 1. The normalized spacial score (nSPS) is 20.3. The standard InChI is InChI=1S/C12H14BrCl2NO/c13-8-5-10(14)12(11(15)6-8)16-7-9-3-1-2-4-17-9/h5-6,9,16H,1-4,7H2. The minimum Gasteiger partial charge on any atom is -0.380 e. The first-order chi connectivity index (χ1) is 8.16. The molecule has 0 bridgehead atoms. The minimum absolute atomic E-state index is 0.263. The van der Waals surface area contributed by atoms with Crippen LogP contribution in [-0.2, 0) is 4.74 Å². The Labute approximate surface area is 120 Å². The summed E-state index contributed by atoms with van der Waals surface area (Å²) in [6.45, 7) is 1.61. The highest BCUT2D eigenvalue weighted by atomic mass is 79.9. The summed E-state index contributed by atoms with van der Waals surface area (Å²) in [5, 5.41) is 4.52. The minimum atomic E-state index is 0.263. The number of rotatable bonds is 3. The molecule has 1 fully saturated rings. The first-order valence-electron chi connectivity index (χ1n) is 5.67. The van der Waals surface area contributed by atoms with E-state index in [0.717, 1.165) is 36.2 Å². The van der Waals surface area contributed by atoms with Crippen LogP contribution in [0.1, 0.15) is 19.3 Å². The van der Waals surface area contributed by atoms with E-state index in [1.807, 2.05) is 12.1 Å². The van der Waals surface area contributed by atoms with Crippen molar-refractivity contribution in [3.63, 3.8) is 0 Å². The molecule has 1 aliphatic heterocycles. The fourth-order valence-electron chi connectivity index (χ4n) is 1.90. The van der Waals surface area contributed by atoms with Crippen LogP contribution in [-0.4, -0.2) is 19.3 Å². The monoisotopic (exact) mass is 337 g/mol. The second kappa shape index (κ2) is 6.28. The molecule has 94 valence electrons. The molecule has 1 aromatic carbocycles. The third-order valence-corrected chi connectivity index (χ3v) is 3.84. The summed E-state index contributed by atoms with van der Waals surface area (Å²) in [6.07, 6.45) is 3.75. The summed E-state index contributed by atoms with van der Waals surface area (Å²) in [5.74, 6) is 0. The topological polar surface area (TPSA) is 21.3 Å². The van der Waals surface area contributed by atoms with Gasteiger partial charge in [-0.25, -0.2) is 0 Å². The molecule has 0 spiro atoms. The van der Waals surface area contributed by atoms with Crippen molar-refractivity contribution >= 4 is 44.8 Å². The van der Waals surface area contributed by atoms with Gasteiger partial charge in [0, 0.05) is 17.6 Å². The van der Waals surface area contributed by atoms with Crippen molar-refractivity contribution in [3.8, 4) is 0 Å². The lowest BCUT2D eigenvalue weighted by molar-refractivity contribution is 0.0247. The van der Waals surface area contributed by atoms with E-state index in [1.165, 1.54) is 6.42 Å². The lowest BCUT2D eigenvalue weighted by Gasteiger charge is -2.23. The van der Waals surface area contributed by atoms with E-state index >= 15 is 0 Å². The highest BCUT2D eigenvalue weighted by molar-refractivity contribution is 9.10. The summed E-state index contributed by atoms with van der Waals surface area (Å²) in [4.78, 5) is 0. The van der Waals surface area contributed by atoms with Crippen molar-refractivity contribution < 1.29 is 4.74 Å². The summed E-state index contributed by atoms with van der Waals surface area (Å²) in [7, 11) is 0. The number of benzene rings is 1. The van der Waals surface area contributed by atoms with Crippen LogP contribution < -0.4 is 5.32 Å². The molecule has 1 aliphatic rings. The average molecular weight is 339 g/mol. The average Bonchev–Trinajstić information content (AvgIpc) is 2.29. The van der Waals surface area contributed by atoms with Gasteiger partial charge in [-0.2, -0.15) is 0 Å². The van der Waals surface area contributed by atoms with Crippen molar-refractivity contribution in [2.75, 3.05) is 18.5 Å². The number of halogens is 3. The van der Waals surface area contributed by atoms with Crippen LogP contribution >= 0.6 is 39.1 Å². The lowest BCUT2D eigenvalue weighted by atomic mass is 10.1. The van der Waals surface area contributed by atoms with Gasteiger partial charge in [0.1, 0.15) is 0 Å². The maximum Gasteiger partial charge on any atom is 0.0747 e. The molecule has 0 amide bonds. The molecule has 0 radical (unpaired) electrons. The predicted octanol–water partition coefficient (Wildman–Crippen LogP) is 4.74. The maximum atomic E-state index is 6.13. The Morgan fingerprint density at radius 2 is 2.00 bits per heavy atom. The fraction of sp³-hybridized carbons (Fsp3) is 0.500. The Hall–Kier alpha value is 0.0400. The van der Waals surface area contributed by atoms with E-state index in [-0.39, 0.29) is 6.10 Å². The second-order valence-corrected chi connectivity index (χ2v) is 5.84. The van der Waals surface area contributed by atoms with Gasteiger partial charge in [-0.1, -0.05) is 39.1 Å². The largest absolute Gasteiger partial charge is 0.380 e. The van der Waals surface area contributed by atoms with Gasteiger partial charge in [0.2, 0.25) is 0 Å². The molecule has 0 aliphatic carbocycles. The van der Waals surface area contributed by atoms with Gasteiger partial charge in [0.15, 0.2) is 0 Å². The van der Waals surface area contributed by atoms with Gasteiger partial charge in [0.05, 0.1) is 21.8 Å². The molecule has 1 atom stereocenters. The Morgan fingerprint density at radius 3 is 2.59 bits per heavy atom. The molecule has 1 N–H and O–H groups in total. The van der Waals surface area contributed by atoms with Gasteiger partial charge < -0.3 is 10.1 Å². The van der Waals surface area contributed by atoms with Gasteiger partial charge >= 0.3 is 0 Å². The number of hydrogen-bond acceptors (Lipinski definition) is 2. The molecule has 1 unspecified atom stereocenters. The molecule has 17 heavy (non-hydrogen) atoms. The Bertz CT molecular complexity index is 371. The van der Waals surface area contributed by atoms with Gasteiger partial charge in [-0.05, 0) is 31.4 Å². The predicted molar refractivity (Wildman–Crippen MR) is 76.2 cm³/mol. The highest BCUT2D eigenvalue weighted by Crippen LogP contribution is 2.33. The third-order valence-electron chi connectivity index (χ3n) is 2.79. The molecule has 0 aromatic heterocycles. The van der Waals surface area contributed by atoms with Gasteiger partial charge in [0.25, 0.3) is 0 Å². The zero-order valence-electron chi connectivity index (χ0n) is 9.31. The van der Waals surface area contributed by atoms with E-state index in [1.54, 1.807) is 0 Å². The maximum absolute atomic E-state index is 6.13. The quantitative estimate of drug-likeness (QED) is 0.859. The van der Waals surface area contributed by atoms with Crippen molar-refractivity contribution in [2.24, 2.45) is 0 Å². The summed E-state index contributed by atoms with van der Waals surface area (Å²) >= 11 is 15.6. The first-order valence-corrected chi connectivity index (χ1v) is 7.22. The molecular formula is C12H14BrCl2NO. The lowest BCUT2D eigenvalue weighted by Crippen LogP contribution is -2.27. The fourth-order valence-corrected chi connectivity index (χ4v) is 3.24. The van der Waals surface area contributed by atoms with Crippen LogP contribution in [0.2, 0.25) is 10.0 Å². The summed E-state index contributed by atoms with van der Waals surface area (Å²) in [6, 6.07) is 3.66. The Kier molecular flexibility index (Phi) is 4.97. The molecule has 2 nitrogen and oxygen atoms in total. The van der Waals surface area contributed by atoms with Crippen LogP contribution in [0.5, 0.6) is 0 Å². The smallest absolute Gasteiger partial charge is 0.0747 e. The molecular weight excluding hydrogens is 325 g/mol. The Morgan fingerprint density at radius 1 is 1.29 bits per heavy atom. The zero-order chi connectivity index (χ0) is 12.3. The summed E-state index contributed by atoms with van der Waals surface area (Å²) in [5.41, 5.74) is 0.783. The highest BCUT2D eigenvalue weighted by Gasteiger charge is 2.15. The van der Waals surface area contributed by atoms with E-state index in [4.69, 9.17) is 27.9 Å². The van der Waals surface area contributed by atoms with E-state index < -0.39 is 0 Å². The van der Waals surface area contributed by atoms with Crippen molar-refractivity contribution in [1.82, 2.24) is 0 Å². The molecule has 1 saturated heterocycles. The van der Waals surface area contributed by atoms with Crippen LogP contribution in [0.3, 0.4) is 0 Å². The number of ether oxygens (including phenoxy) is 1. The molecule has 1 heterocycles. The molecule has 0 saturated carbocycles. The van der Waals surface area contributed by atoms with Crippen molar-refractivity contribution in [2.45, 2.75) is 25.4 Å². The first kappa shape index (κ1) is 13.5. The number of hydrogen-bond donors (Lipinski definition) is 1. The van der Waals surface area contributed by atoms with Crippen LogP contribution in [0.25, 0.3) is 0 Å². The van der Waals surface area contributed by atoms with E-state index in [0.29, 0.717) is 10.0 Å². The molecule has 5 heteroatoms. The van der Waals surface area contributed by atoms with Crippen LogP contribution in [0.4, 0.5) is 5.69 Å². The Balaban J connectivity index is 1.98. The molecule has 1 aromatic rings. The van der Waals surface area contributed by atoms with Crippen molar-refractivity contribution in [3.05, 3.63) is 26.7 Å². The van der Waals surface area contributed by atoms with Gasteiger partial charge in [-0.15, -0.1) is 0 Å². The summed E-state index contributed by atoms with van der Waals surface area (Å²) < 4.78 is 6.53. The van der Waals surface area contributed by atoms with E-state index in [9.17, 15) is 0 Å². The van der Waals surface area contributed by atoms with Gasteiger partial charge in [-0.3, -0.25) is 0 Å².